The minimum absolute atomic E-state index is 1.04. The van der Waals surface area contributed by atoms with Gasteiger partial charge in [-0.15, -0.1) is 11.3 Å². The molecule has 0 radical (unpaired) electrons. The van der Waals surface area contributed by atoms with Crippen molar-refractivity contribution >= 4 is 11.3 Å². The van der Waals surface area contributed by atoms with Crippen LogP contribution < -0.4 is 0 Å². The van der Waals surface area contributed by atoms with E-state index in [1.54, 1.807) is 11.3 Å². The number of hydrogen-bond donors (Lipinski definition) is 0. The highest BCUT2D eigenvalue weighted by Gasteiger charge is 2.18. The highest BCUT2D eigenvalue weighted by molar-refractivity contribution is 7.13. The molecule has 0 aliphatic rings. The minimum atomic E-state index is 1.04. The van der Waals surface area contributed by atoms with Gasteiger partial charge in [0, 0.05) is 42.6 Å². The van der Waals surface area contributed by atoms with Gasteiger partial charge in [-0.25, -0.2) is 9.66 Å². The topological polar surface area (TPSA) is 27.7 Å². The van der Waals surface area contributed by atoms with Crippen LogP contribution in [0.1, 0.15) is 5.56 Å². The monoisotopic (exact) mass is 294 g/mol. The summed E-state index contributed by atoms with van der Waals surface area (Å²) in [6.07, 6.45) is 12.2. The van der Waals surface area contributed by atoms with Crippen molar-refractivity contribution in [1.29, 1.82) is 0 Å². The van der Waals surface area contributed by atoms with Crippen LogP contribution in [-0.2, 0) is 0 Å². The van der Waals surface area contributed by atoms with E-state index in [-0.39, 0.29) is 0 Å². The van der Waals surface area contributed by atoms with Crippen molar-refractivity contribution in [2.24, 2.45) is 0 Å². The summed E-state index contributed by atoms with van der Waals surface area (Å²) in [5.41, 5.74) is 2.39. The molecule has 0 atom stereocenters. The van der Waals surface area contributed by atoms with E-state index in [0.717, 1.165) is 10.8 Å². The zero-order chi connectivity index (χ0) is 14.2. The lowest BCUT2D eigenvalue weighted by Gasteiger charge is -2.12. The second-order valence-electron chi connectivity index (χ2n) is 4.85. The largest absolute Gasteiger partial charge is 0.308 e. The SMILES string of the molecule is Cc1cn(-n2cccc2)c(-n2cccc2)c1-c1nccs1. The molecule has 0 spiro atoms. The van der Waals surface area contributed by atoms with Crippen molar-refractivity contribution in [3.05, 3.63) is 72.4 Å². The van der Waals surface area contributed by atoms with Crippen molar-refractivity contribution in [3.63, 3.8) is 0 Å². The molecule has 0 saturated carbocycles. The Labute approximate surface area is 126 Å². The number of rotatable bonds is 3. The van der Waals surface area contributed by atoms with Crippen molar-refractivity contribution in [1.82, 2.24) is 18.9 Å². The molecule has 5 heteroatoms. The lowest BCUT2D eigenvalue weighted by Crippen LogP contribution is -2.10. The zero-order valence-corrected chi connectivity index (χ0v) is 12.4. The van der Waals surface area contributed by atoms with Crippen LogP contribution in [0.2, 0.25) is 0 Å². The van der Waals surface area contributed by atoms with Crippen LogP contribution in [0, 0.1) is 6.92 Å². The normalized spacial score (nSPS) is 11.1. The fraction of sp³-hybridized carbons (Fsp3) is 0.0625. The Kier molecular flexibility index (Phi) is 2.79. The highest BCUT2D eigenvalue weighted by Crippen LogP contribution is 2.33. The molecule has 4 nitrogen and oxygen atoms in total. The summed E-state index contributed by atoms with van der Waals surface area (Å²) in [6, 6.07) is 8.12. The van der Waals surface area contributed by atoms with Gasteiger partial charge in [0.2, 0.25) is 0 Å². The predicted molar refractivity (Wildman–Crippen MR) is 84.8 cm³/mol. The van der Waals surface area contributed by atoms with Crippen LogP contribution in [0.5, 0.6) is 0 Å². The molecule has 104 valence electrons. The minimum Gasteiger partial charge on any atom is -0.308 e. The third kappa shape index (κ3) is 1.94. The van der Waals surface area contributed by atoms with Gasteiger partial charge in [-0.1, -0.05) is 0 Å². The van der Waals surface area contributed by atoms with Gasteiger partial charge >= 0.3 is 0 Å². The summed E-state index contributed by atoms with van der Waals surface area (Å²) in [7, 11) is 0. The summed E-state index contributed by atoms with van der Waals surface area (Å²) in [6.45, 7) is 2.13. The van der Waals surface area contributed by atoms with Crippen molar-refractivity contribution < 1.29 is 0 Å². The van der Waals surface area contributed by atoms with E-state index in [2.05, 4.69) is 44.4 Å². The van der Waals surface area contributed by atoms with Gasteiger partial charge in [0.25, 0.3) is 0 Å². The summed E-state index contributed by atoms with van der Waals surface area (Å²) in [4.78, 5) is 4.50. The number of aromatic nitrogens is 4. The molecule has 21 heavy (non-hydrogen) atoms. The second kappa shape index (κ2) is 4.79. The van der Waals surface area contributed by atoms with Crippen LogP contribution in [0.25, 0.3) is 16.4 Å². The van der Waals surface area contributed by atoms with E-state index < -0.39 is 0 Å². The standard InChI is InChI=1S/C16H14N4S/c1-13-12-20(19-9-4-5-10-19)16(18-7-2-3-8-18)14(13)15-17-6-11-21-15/h2-12H,1H3. The average Bonchev–Trinajstić information content (AvgIpc) is 3.26. The van der Waals surface area contributed by atoms with Crippen LogP contribution in [0.3, 0.4) is 0 Å². The third-order valence-corrected chi connectivity index (χ3v) is 4.27. The van der Waals surface area contributed by atoms with Crippen molar-refractivity contribution in [2.75, 3.05) is 0 Å². The maximum Gasteiger partial charge on any atom is 0.147 e. The van der Waals surface area contributed by atoms with E-state index in [4.69, 9.17) is 0 Å². The maximum atomic E-state index is 4.50. The number of nitrogens with zero attached hydrogens (tertiary/aromatic N) is 4. The molecule has 0 fully saturated rings. The van der Waals surface area contributed by atoms with Gasteiger partial charge in [0.05, 0.1) is 5.56 Å². The van der Waals surface area contributed by atoms with Crippen LogP contribution in [0.15, 0.2) is 66.8 Å². The Balaban J connectivity index is 2.04. The Hall–Kier alpha value is -2.53. The molecule has 0 N–H and O–H groups in total. The lowest BCUT2D eigenvalue weighted by molar-refractivity contribution is 0.646. The third-order valence-electron chi connectivity index (χ3n) is 3.48. The van der Waals surface area contributed by atoms with Gasteiger partial charge in [-0.05, 0) is 36.8 Å². The first-order chi connectivity index (χ1) is 10.3. The molecule has 0 saturated heterocycles. The van der Waals surface area contributed by atoms with E-state index in [9.17, 15) is 0 Å². The van der Waals surface area contributed by atoms with Gasteiger partial charge in [0.15, 0.2) is 0 Å². The zero-order valence-electron chi connectivity index (χ0n) is 11.5. The Morgan fingerprint density at radius 2 is 1.71 bits per heavy atom. The molecular formula is C16H14N4S. The summed E-state index contributed by atoms with van der Waals surface area (Å²) in [5.74, 6) is 1.10. The first-order valence-corrected chi connectivity index (χ1v) is 7.61. The van der Waals surface area contributed by atoms with Crippen LogP contribution >= 0.6 is 11.3 Å². The van der Waals surface area contributed by atoms with Gasteiger partial charge in [-0.3, -0.25) is 4.68 Å². The molecule has 0 amide bonds. The first kappa shape index (κ1) is 12.2. The van der Waals surface area contributed by atoms with Gasteiger partial charge < -0.3 is 4.57 Å². The quantitative estimate of drug-likeness (QED) is 0.564. The lowest BCUT2D eigenvalue weighted by atomic mass is 10.2. The number of aryl methyl sites for hydroxylation is 1. The summed E-state index contributed by atoms with van der Waals surface area (Å²) in [5, 5.41) is 3.06. The van der Waals surface area contributed by atoms with Crippen LogP contribution in [0.4, 0.5) is 0 Å². The van der Waals surface area contributed by atoms with Crippen molar-refractivity contribution in [2.45, 2.75) is 6.92 Å². The maximum absolute atomic E-state index is 4.50. The first-order valence-electron chi connectivity index (χ1n) is 6.73. The fourth-order valence-corrected chi connectivity index (χ4v) is 3.32. The van der Waals surface area contributed by atoms with Crippen molar-refractivity contribution in [3.8, 4) is 16.4 Å². The summed E-state index contributed by atoms with van der Waals surface area (Å²) < 4.78 is 6.34. The number of hydrogen-bond acceptors (Lipinski definition) is 2. The smallest absolute Gasteiger partial charge is 0.147 e. The van der Waals surface area contributed by atoms with Crippen LogP contribution in [-0.4, -0.2) is 18.9 Å². The Morgan fingerprint density at radius 3 is 2.38 bits per heavy atom. The predicted octanol–water partition coefficient (Wildman–Crippen LogP) is 3.82. The van der Waals surface area contributed by atoms with E-state index in [1.807, 2.05) is 48.2 Å². The molecule has 4 aromatic rings. The highest BCUT2D eigenvalue weighted by atomic mass is 32.1. The van der Waals surface area contributed by atoms with Gasteiger partial charge in [0.1, 0.15) is 10.8 Å². The van der Waals surface area contributed by atoms with Gasteiger partial charge in [-0.2, -0.15) is 0 Å². The molecule has 0 aliphatic carbocycles. The molecule has 0 aromatic carbocycles. The molecule has 4 aromatic heterocycles. The van der Waals surface area contributed by atoms with E-state index >= 15 is 0 Å². The van der Waals surface area contributed by atoms with E-state index in [1.165, 1.54) is 11.1 Å². The fourth-order valence-electron chi connectivity index (χ4n) is 2.58. The molecule has 0 aliphatic heterocycles. The molecule has 0 bridgehead atoms. The average molecular weight is 294 g/mol. The molecular weight excluding hydrogens is 280 g/mol. The van der Waals surface area contributed by atoms with E-state index in [0.29, 0.717) is 0 Å². The Bertz CT molecular complexity index is 837. The molecule has 0 unspecified atom stereocenters. The summed E-state index contributed by atoms with van der Waals surface area (Å²) >= 11 is 1.67. The number of thiazole rings is 1. The molecule has 4 heterocycles. The molecule has 4 rings (SSSR count). The second-order valence-corrected chi connectivity index (χ2v) is 5.74. The Morgan fingerprint density at radius 1 is 1.00 bits per heavy atom.